The number of benzene rings is 1. The van der Waals surface area contributed by atoms with Crippen LogP contribution in [0.3, 0.4) is 0 Å². The number of unbranched alkanes of at least 4 members (excludes halogenated alkanes) is 2. The molecular weight excluding hydrogens is 376 g/mol. The SMILES string of the molecule is CCCCCNC(=O)C(=O)c1c(-c2ccc(OC)c(Cl)c2)cc2ccccn12. The van der Waals surface area contributed by atoms with Crippen LogP contribution < -0.4 is 10.1 Å². The summed E-state index contributed by atoms with van der Waals surface area (Å²) in [5.74, 6) is -0.610. The molecular formula is C22H23ClN2O3. The maximum atomic E-state index is 13.0. The predicted molar refractivity (Wildman–Crippen MR) is 111 cm³/mol. The van der Waals surface area contributed by atoms with Gasteiger partial charge < -0.3 is 14.5 Å². The third kappa shape index (κ3) is 4.04. The Morgan fingerprint density at radius 3 is 2.68 bits per heavy atom. The second kappa shape index (κ2) is 8.93. The highest BCUT2D eigenvalue weighted by Crippen LogP contribution is 2.33. The minimum absolute atomic E-state index is 0.324. The summed E-state index contributed by atoms with van der Waals surface area (Å²) in [5.41, 5.74) is 2.55. The number of methoxy groups -OCH3 is 1. The van der Waals surface area contributed by atoms with Crippen LogP contribution in [-0.4, -0.2) is 29.7 Å². The molecule has 6 heteroatoms. The number of carbonyl (C=O) groups is 2. The van der Waals surface area contributed by atoms with Crippen LogP contribution in [0.5, 0.6) is 5.75 Å². The molecule has 0 fully saturated rings. The van der Waals surface area contributed by atoms with Crippen LogP contribution in [-0.2, 0) is 4.79 Å². The van der Waals surface area contributed by atoms with Gasteiger partial charge in [0.1, 0.15) is 11.4 Å². The number of nitrogens with one attached hydrogen (secondary N) is 1. The lowest BCUT2D eigenvalue weighted by Crippen LogP contribution is -2.32. The number of aromatic nitrogens is 1. The Hall–Kier alpha value is -2.79. The van der Waals surface area contributed by atoms with Crippen LogP contribution in [0.2, 0.25) is 5.02 Å². The third-order valence-electron chi connectivity index (χ3n) is 4.63. The lowest BCUT2D eigenvalue weighted by atomic mass is 10.0. The van der Waals surface area contributed by atoms with Crippen LogP contribution in [0.4, 0.5) is 0 Å². The number of rotatable bonds is 8. The zero-order valence-corrected chi connectivity index (χ0v) is 16.8. The molecule has 0 bridgehead atoms. The number of halogens is 1. The summed E-state index contributed by atoms with van der Waals surface area (Å²) >= 11 is 6.27. The minimum Gasteiger partial charge on any atom is -0.495 e. The summed E-state index contributed by atoms with van der Waals surface area (Å²) in [4.78, 5) is 25.5. The number of hydrogen-bond acceptors (Lipinski definition) is 3. The maximum Gasteiger partial charge on any atom is 0.294 e. The molecule has 0 radical (unpaired) electrons. The lowest BCUT2D eigenvalue weighted by Gasteiger charge is -2.09. The molecule has 3 aromatic rings. The zero-order valence-electron chi connectivity index (χ0n) is 16.0. The number of ketones is 1. The molecule has 2 heterocycles. The molecule has 0 spiro atoms. The predicted octanol–water partition coefficient (Wildman–Crippen LogP) is 4.76. The molecule has 0 aliphatic carbocycles. The van der Waals surface area contributed by atoms with Crippen molar-refractivity contribution in [3.63, 3.8) is 0 Å². The molecule has 1 N–H and O–H groups in total. The number of fused-ring (bicyclic) bond motifs is 1. The molecule has 5 nitrogen and oxygen atoms in total. The number of Topliss-reactive ketones (excluding diaryl/α,β-unsaturated/α-hetero) is 1. The summed E-state index contributed by atoms with van der Waals surface area (Å²) in [7, 11) is 1.55. The van der Waals surface area contributed by atoms with Gasteiger partial charge in [0.2, 0.25) is 0 Å². The fourth-order valence-corrected chi connectivity index (χ4v) is 3.43. The van der Waals surface area contributed by atoms with Gasteiger partial charge in [0.25, 0.3) is 11.7 Å². The summed E-state index contributed by atoms with van der Waals surface area (Å²) in [6.45, 7) is 2.58. The molecule has 0 unspecified atom stereocenters. The van der Waals surface area contributed by atoms with Crippen molar-refractivity contribution in [2.45, 2.75) is 26.2 Å². The smallest absolute Gasteiger partial charge is 0.294 e. The molecule has 1 amide bonds. The average molecular weight is 399 g/mol. The Morgan fingerprint density at radius 1 is 1.14 bits per heavy atom. The van der Waals surface area contributed by atoms with Crippen molar-refractivity contribution < 1.29 is 14.3 Å². The first-order valence-electron chi connectivity index (χ1n) is 9.33. The normalized spacial score (nSPS) is 10.8. The second-order valence-corrected chi connectivity index (χ2v) is 6.95. The van der Waals surface area contributed by atoms with Crippen molar-refractivity contribution in [2.24, 2.45) is 0 Å². The van der Waals surface area contributed by atoms with Crippen LogP contribution in [0.1, 0.15) is 36.7 Å². The zero-order chi connectivity index (χ0) is 20.1. The number of hydrogen-bond donors (Lipinski definition) is 1. The molecule has 2 aromatic heterocycles. The van der Waals surface area contributed by atoms with E-state index in [2.05, 4.69) is 12.2 Å². The highest BCUT2D eigenvalue weighted by atomic mass is 35.5. The first-order valence-corrected chi connectivity index (χ1v) is 9.71. The quantitative estimate of drug-likeness (QED) is 0.338. The van der Waals surface area contributed by atoms with Gasteiger partial charge in [0, 0.05) is 23.8 Å². The van der Waals surface area contributed by atoms with Crippen LogP contribution in [0.25, 0.3) is 16.6 Å². The highest BCUT2D eigenvalue weighted by Gasteiger charge is 2.24. The van der Waals surface area contributed by atoms with E-state index in [-0.39, 0.29) is 0 Å². The van der Waals surface area contributed by atoms with Gasteiger partial charge in [0.15, 0.2) is 0 Å². The van der Waals surface area contributed by atoms with Crippen molar-refractivity contribution in [1.82, 2.24) is 9.72 Å². The molecule has 0 aliphatic heterocycles. The second-order valence-electron chi connectivity index (χ2n) is 6.54. The van der Waals surface area contributed by atoms with Crippen LogP contribution in [0.15, 0.2) is 48.7 Å². The van der Waals surface area contributed by atoms with E-state index >= 15 is 0 Å². The topological polar surface area (TPSA) is 59.8 Å². The summed E-state index contributed by atoms with van der Waals surface area (Å²) < 4.78 is 6.94. The van der Waals surface area contributed by atoms with E-state index in [0.29, 0.717) is 28.6 Å². The van der Waals surface area contributed by atoms with Crippen molar-refractivity contribution in [3.8, 4) is 16.9 Å². The van der Waals surface area contributed by atoms with Crippen LogP contribution >= 0.6 is 11.6 Å². The minimum atomic E-state index is -0.596. The largest absolute Gasteiger partial charge is 0.495 e. The van der Waals surface area contributed by atoms with Crippen LogP contribution in [0, 0.1) is 0 Å². The van der Waals surface area contributed by atoms with E-state index < -0.39 is 11.7 Å². The Labute approximate surface area is 169 Å². The molecule has 0 atom stereocenters. The van der Waals surface area contributed by atoms with E-state index in [4.69, 9.17) is 16.3 Å². The Morgan fingerprint density at radius 2 is 1.96 bits per heavy atom. The van der Waals surface area contributed by atoms with E-state index in [0.717, 1.165) is 30.3 Å². The number of nitrogens with zero attached hydrogens (tertiary/aromatic N) is 1. The van der Waals surface area contributed by atoms with Gasteiger partial charge >= 0.3 is 0 Å². The lowest BCUT2D eigenvalue weighted by molar-refractivity contribution is -0.117. The number of carbonyl (C=O) groups excluding carboxylic acids is 2. The molecule has 1 aromatic carbocycles. The van der Waals surface area contributed by atoms with E-state index in [9.17, 15) is 9.59 Å². The molecule has 28 heavy (non-hydrogen) atoms. The number of pyridine rings is 1. The standard InChI is InChI=1S/C22H23ClN2O3/c1-3-4-6-11-24-22(27)21(26)20-17(14-16-8-5-7-12-25(16)20)15-9-10-19(28-2)18(23)13-15/h5,7-10,12-14H,3-4,6,11H2,1-2H3,(H,24,27). The summed E-state index contributed by atoms with van der Waals surface area (Å²) in [6.07, 6.45) is 4.70. The molecule has 146 valence electrons. The van der Waals surface area contributed by atoms with Gasteiger partial charge in [-0.15, -0.1) is 0 Å². The van der Waals surface area contributed by atoms with Gasteiger partial charge in [-0.25, -0.2) is 0 Å². The monoisotopic (exact) mass is 398 g/mol. The number of ether oxygens (including phenoxy) is 1. The van der Waals surface area contributed by atoms with Crippen molar-refractivity contribution >= 4 is 28.8 Å². The van der Waals surface area contributed by atoms with Gasteiger partial charge in [0.05, 0.1) is 12.1 Å². The first-order chi connectivity index (χ1) is 13.6. The van der Waals surface area contributed by atoms with Crippen molar-refractivity contribution in [2.75, 3.05) is 13.7 Å². The van der Waals surface area contributed by atoms with Gasteiger partial charge in [-0.1, -0.05) is 43.5 Å². The third-order valence-corrected chi connectivity index (χ3v) is 4.93. The average Bonchev–Trinajstić information content (AvgIpc) is 3.10. The summed E-state index contributed by atoms with van der Waals surface area (Å²) in [5, 5.41) is 3.17. The molecule has 0 saturated carbocycles. The Balaban J connectivity index is 2.01. The van der Waals surface area contributed by atoms with E-state index in [1.807, 2.05) is 30.3 Å². The van der Waals surface area contributed by atoms with Gasteiger partial charge in [-0.2, -0.15) is 0 Å². The Bertz CT molecular complexity index is 1010. The van der Waals surface area contributed by atoms with Gasteiger partial charge in [-0.3, -0.25) is 9.59 Å². The maximum absolute atomic E-state index is 13.0. The molecule has 3 rings (SSSR count). The van der Waals surface area contributed by atoms with Crippen molar-refractivity contribution in [1.29, 1.82) is 0 Å². The van der Waals surface area contributed by atoms with Crippen molar-refractivity contribution in [3.05, 3.63) is 59.4 Å². The fourth-order valence-electron chi connectivity index (χ4n) is 3.17. The molecule has 0 saturated heterocycles. The van der Waals surface area contributed by atoms with Gasteiger partial charge in [-0.05, 0) is 42.3 Å². The van der Waals surface area contributed by atoms with E-state index in [1.54, 1.807) is 29.8 Å². The summed E-state index contributed by atoms with van der Waals surface area (Å²) in [6, 6.07) is 12.8. The van der Waals surface area contributed by atoms with E-state index in [1.165, 1.54) is 0 Å². The molecule has 0 aliphatic rings. The number of amides is 1. The fraction of sp³-hybridized carbons (Fsp3) is 0.273. The Kier molecular flexibility index (Phi) is 6.37. The first kappa shape index (κ1) is 20.0. The highest BCUT2D eigenvalue weighted by molar-refractivity contribution is 6.43.